The maximum Gasteiger partial charge on any atom is 0.431 e. The number of alkyl halides is 3. The van der Waals surface area contributed by atoms with Gasteiger partial charge in [-0.1, -0.05) is 18.2 Å². The van der Waals surface area contributed by atoms with E-state index in [2.05, 4.69) is 15.6 Å². The molecule has 1 aliphatic heterocycles. The first-order valence-electron chi connectivity index (χ1n) is 11.5. The van der Waals surface area contributed by atoms with Crippen LogP contribution < -0.4 is 16.4 Å². The number of hydrogen-bond donors (Lipinski definition) is 3. The van der Waals surface area contributed by atoms with Crippen molar-refractivity contribution < 1.29 is 32.3 Å². The summed E-state index contributed by atoms with van der Waals surface area (Å²) >= 11 is 0. The minimum absolute atomic E-state index is 0.0253. The Bertz CT molecular complexity index is 988. The highest BCUT2D eigenvalue weighted by Crippen LogP contribution is 2.24. The van der Waals surface area contributed by atoms with E-state index in [0.717, 1.165) is 6.21 Å². The molecule has 1 aliphatic rings. The molecule has 9 nitrogen and oxygen atoms in total. The van der Waals surface area contributed by atoms with Gasteiger partial charge in [-0.3, -0.25) is 14.6 Å². The number of rotatable bonds is 7. The van der Waals surface area contributed by atoms with Crippen LogP contribution in [0, 0.1) is 5.92 Å². The predicted octanol–water partition coefficient (Wildman–Crippen LogP) is 3.04. The van der Waals surface area contributed by atoms with Gasteiger partial charge in [-0.25, -0.2) is 4.79 Å². The van der Waals surface area contributed by atoms with Crippen LogP contribution >= 0.6 is 0 Å². The van der Waals surface area contributed by atoms with E-state index >= 15 is 0 Å². The molecule has 1 fully saturated rings. The van der Waals surface area contributed by atoms with Gasteiger partial charge in [0.1, 0.15) is 11.3 Å². The Balaban J connectivity index is 1.91. The number of ether oxygens (including phenoxy) is 1. The molecule has 1 atom stereocenters. The zero-order valence-electron chi connectivity index (χ0n) is 20.5. The van der Waals surface area contributed by atoms with Crippen LogP contribution in [0.15, 0.2) is 46.6 Å². The van der Waals surface area contributed by atoms with E-state index in [1.165, 1.54) is 4.90 Å². The molecule has 1 aromatic carbocycles. The second-order valence-corrected chi connectivity index (χ2v) is 9.23. The van der Waals surface area contributed by atoms with Gasteiger partial charge in [0.2, 0.25) is 5.91 Å². The van der Waals surface area contributed by atoms with Gasteiger partial charge in [-0.15, -0.1) is 0 Å². The van der Waals surface area contributed by atoms with Crippen molar-refractivity contribution in [2.45, 2.75) is 45.4 Å². The number of likely N-dealkylation sites (tertiary alicyclic amines) is 1. The lowest BCUT2D eigenvalue weighted by atomic mass is 9.97. The van der Waals surface area contributed by atoms with E-state index in [4.69, 9.17) is 10.5 Å². The van der Waals surface area contributed by atoms with Crippen molar-refractivity contribution in [2.75, 3.05) is 26.2 Å². The molecule has 0 saturated carbocycles. The molecule has 1 saturated heterocycles. The summed E-state index contributed by atoms with van der Waals surface area (Å²) in [5.41, 5.74) is 2.46. The molecule has 4 N–H and O–H groups in total. The Kier molecular flexibility index (Phi) is 9.88. The molecule has 0 bridgehead atoms. The summed E-state index contributed by atoms with van der Waals surface area (Å²) in [6.45, 7) is 5.77. The van der Waals surface area contributed by atoms with Crippen molar-refractivity contribution in [3.8, 4) is 0 Å². The Morgan fingerprint density at radius 3 is 2.39 bits per heavy atom. The number of piperidine rings is 1. The van der Waals surface area contributed by atoms with Crippen molar-refractivity contribution in [1.82, 2.24) is 15.5 Å². The van der Waals surface area contributed by atoms with Crippen molar-refractivity contribution >= 4 is 29.8 Å². The largest absolute Gasteiger partial charge is 0.444 e. The number of nitrogens with zero attached hydrogens (tertiary/aromatic N) is 2. The number of allylic oxidation sites excluding steroid dienone is 1. The van der Waals surface area contributed by atoms with Gasteiger partial charge in [0.15, 0.2) is 0 Å². The zero-order chi connectivity index (χ0) is 26.9. The Labute approximate surface area is 207 Å². The van der Waals surface area contributed by atoms with Gasteiger partial charge in [-0.05, 0) is 45.7 Å². The lowest BCUT2D eigenvalue weighted by Crippen LogP contribution is -2.47. The minimum Gasteiger partial charge on any atom is -0.444 e. The molecular formula is C24H32F3N5O4. The lowest BCUT2D eigenvalue weighted by molar-refractivity contribution is -0.126. The van der Waals surface area contributed by atoms with E-state index in [1.54, 1.807) is 51.1 Å². The fourth-order valence-corrected chi connectivity index (χ4v) is 3.34. The molecule has 0 radical (unpaired) electrons. The number of aliphatic imine (C=N–C) groups is 1. The molecule has 3 amide bonds. The first-order chi connectivity index (χ1) is 16.8. The summed E-state index contributed by atoms with van der Waals surface area (Å²) in [5, 5.41) is 4.95. The van der Waals surface area contributed by atoms with E-state index in [1.807, 2.05) is 0 Å². The molecular weight excluding hydrogens is 479 g/mol. The smallest absolute Gasteiger partial charge is 0.431 e. The molecule has 36 heavy (non-hydrogen) atoms. The predicted molar refractivity (Wildman–Crippen MR) is 128 cm³/mol. The summed E-state index contributed by atoms with van der Waals surface area (Å²) in [6.07, 6.45) is -3.46. The number of para-hydroxylation sites is 1. The molecule has 198 valence electrons. The van der Waals surface area contributed by atoms with Crippen molar-refractivity contribution in [2.24, 2.45) is 16.6 Å². The number of hydrogen-bond acceptors (Lipinski definition) is 6. The quantitative estimate of drug-likeness (QED) is 0.295. The van der Waals surface area contributed by atoms with Gasteiger partial charge < -0.3 is 26.0 Å². The monoisotopic (exact) mass is 511 g/mol. The van der Waals surface area contributed by atoms with Crippen LogP contribution in [0.2, 0.25) is 0 Å². The number of nitrogens with one attached hydrogen (secondary N) is 2. The maximum absolute atomic E-state index is 13.1. The molecule has 1 heterocycles. The third-order valence-corrected chi connectivity index (χ3v) is 5.09. The van der Waals surface area contributed by atoms with Crippen LogP contribution in [0.1, 0.15) is 33.6 Å². The standard InChI is InChI=1S/C24H32F3N5O4/c1-23(2,3)36-22(35)32-13-7-8-16(15-32)20(33)29-11-12-30-21(34)18(19(28)24(25,26)27)14-31-17-9-5-4-6-10-17/h4-6,9-10,14,16H,7-8,11-13,15,28H2,1-3H3,(H,29,33)(H,30,34). The van der Waals surface area contributed by atoms with Gasteiger partial charge in [0.25, 0.3) is 5.91 Å². The minimum atomic E-state index is -4.93. The number of benzene rings is 1. The summed E-state index contributed by atoms with van der Waals surface area (Å²) in [7, 11) is 0. The average Bonchev–Trinajstić information content (AvgIpc) is 2.80. The highest BCUT2D eigenvalue weighted by Gasteiger charge is 2.36. The number of carbonyl (C=O) groups excluding carboxylic acids is 3. The maximum atomic E-state index is 13.1. The molecule has 1 unspecified atom stereocenters. The summed E-state index contributed by atoms with van der Waals surface area (Å²) in [4.78, 5) is 42.6. The fraction of sp³-hybridized carbons (Fsp3) is 0.500. The second kappa shape index (κ2) is 12.4. The molecule has 0 aliphatic carbocycles. The van der Waals surface area contributed by atoms with E-state index in [9.17, 15) is 27.6 Å². The molecule has 0 spiro atoms. The number of nitrogens with two attached hydrogens (primary N) is 1. The number of halogens is 3. The molecule has 12 heteroatoms. The van der Waals surface area contributed by atoms with Crippen LogP contribution in [0.3, 0.4) is 0 Å². The fourth-order valence-electron chi connectivity index (χ4n) is 3.34. The summed E-state index contributed by atoms with van der Waals surface area (Å²) < 4.78 is 44.8. The van der Waals surface area contributed by atoms with Gasteiger partial charge in [0.05, 0.1) is 17.2 Å². The zero-order valence-corrected chi connectivity index (χ0v) is 20.5. The van der Waals surface area contributed by atoms with Gasteiger partial charge in [-0.2, -0.15) is 13.2 Å². The van der Waals surface area contributed by atoms with Gasteiger partial charge in [0, 0.05) is 32.4 Å². The van der Waals surface area contributed by atoms with Crippen LogP contribution in [-0.4, -0.2) is 67.0 Å². The normalized spacial score (nSPS) is 17.4. The third kappa shape index (κ3) is 9.23. The van der Waals surface area contributed by atoms with E-state index in [0.29, 0.717) is 25.1 Å². The Morgan fingerprint density at radius 2 is 1.78 bits per heavy atom. The van der Waals surface area contributed by atoms with E-state index in [-0.39, 0.29) is 25.5 Å². The van der Waals surface area contributed by atoms with Crippen molar-refractivity contribution in [3.05, 3.63) is 41.6 Å². The summed E-state index contributed by atoms with van der Waals surface area (Å²) in [6, 6.07) is 8.11. The second-order valence-electron chi connectivity index (χ2n) is 9.23. The Hall–Kier alpha value is -3.57. The SMILES string of the molecule is CC(C)(C)OC(=O)N1CCCC(C(=O)NCCNC(=O)C(C=Nc2ccccc2)=C(N)C(F)(F)F)C1. The van der Waals surface area contributed by atoms with Crippen LogP contribution in [0.5, 0.6) is 0 Å². The topological polar surface area (TPSA) is 126 Å². The molecule has 1 aromatic rings. The van der Waals surface area contributed by atoms with Gasteiger partial charge >= 0.3 is 12.3 Å². The van der Waals surface area contributed by atoms with Crippen molar-refractivity contribution in [3.63, 3.8) is 0 Å². The highest BCUT2D eigenvalue weighted by molar-refractivity contribution is 6.13. The summed E-state index contributed by atoms with van der Waals surface area (Å²) in [5.74, 6) is -1.86. The van der Waals surface area contributed by atoms with Crippen LogP contribution in [0.25, 0.3) is 0 Å². The lowest BCUT2D eigenvalue weighted by Gasteiger charge is -2.33. The van der Waals surface area contributed by atoms with Crippen LogP contribution in [0.4, 0.5) is 23.7 Å². The first-order valence-corrected chi connectivity index (χ1v) is 11.5. The number of carbonyl (C=O) groups is 3. The highest BCUT2D eigenvalue weighted by atomic mass is 19.4. The van der Waals surface area contributed by atoms with Crippen molar-refractivity contribution in [1.29, 1.82) is 0 Å². The molecule has 0 aromatic heterocycles. The first kappa shape index (κ1) is 28.7. The van der Waals surface area contributed by atoms with Crippen LogP contribution in [-0.2, 0) is 14.3 Å². The average molecular weight is 512 g/mol. The third-order valence-electron chi connectivity index (χ3n) is 5.09. The Morgan fingerprint density at radius 1 is 1.14 bits per heavy atom. The molecule has 2 rings (SSSR count). The number of amides is 3. The van der Waals surface area contributed by atoms with E-state index < -0.39 is 41.0 Å².